The Morgan fingerprint density at radius 2 is 1.94 bits per heavy atom. The minimum Gasteiger partial charge on any atom is -0.378 e. The van der Waals surface area contributed by atoms with Crippen molar-refractivity contribution in [1.29, 1.82) is 5.26 Å². The second-order valence-electron chi connectivity index (χ2n) is 3.59. The van der Waals surface area contributed by atoms with Crippen molar-refractivity contribution in [3.05, 3.63) is 35.3 Å². The Kier molecular flexibility index (Phi) is 2.88. The van der Waals surface area contributed by atoms with E-state index in [-0.39, 0.29) is 0 Å². The van der Waals surface area contributed by atoms with Crippen LogP contribution in [0.15, 0.2) is 29.6 Å². The fraction of sp³-hybridized carbons (Fsp3) is 0.167. The molecule has 0 N–H and O–H groups in total. The molecule has 0 unspecified atom stereocenters. The van der Waals surface area contributed by atoms with Crippen LogP contribution in [-0.2, 0) is 0 Å². The molecule has 0 radical (unpaired) electrons. The number of anilines is 1. The van der Waals surface area contributed by atoms with E-state index in [0.717, 1.165) is 16.3 Å². The zero-order valence-corrected chi connectivity index (χ0v) is 9.95. The fourth-order valence-corrected chi connectivity index (χ4v) is 2.11. The smallest absolute Gasteiger partial charge is 0.152 e. The zero-order valence-electron chi connectivity index (χ0n) is 9.14. The Hall–Kier alpha value is -1.86. The maximum absolute atomic E-state index is 8.70. The summed E-state index contributed by atoms with van der Waals surface area (Å²) in [5.74, 6) is 0. The van der Waals surface area contributed by atoms with Crippen molar-refractivity contribution in [3.63, 3.8) is 0 Å². The summed E-state index contributed by atoms with van der Waals surface area (Å²) >= 11 is 1.49. The molecule has 0 saturated heterocycles. The van der Waals surface area contributed by atoms with Gasteiger partial charge in [0, 0.05) is 30.7 Å². The molecule has 1 aromatic heterocycles. The minimum absolute atomic E-state index is 0.483. The number of hydrogen-bond acceptors (Lipinski definition) is 4. The molecule has 0 saturated carbocycles. The van der Waals surface area contributed by atoms with Crippen molar-refractivity contribution in [1.82, 2.24) is 4.98 Å². The summed E-state index contributed by atoms with van der Waals surface area (Å²) in [6, 6.07) is 10.2. The number of aromatic nitrogens is 1. The molecule has 0 aliphatic rings. The molecule has 0 aliphatic carbocycles. The number of benzene rings is 1. The van der Waals surface area contributed by atoms with Gasteiger partial charge in [-0.05, 0) is 24.3 Å². The van der Waals surface area contributed by atoms with Gasteiger partial charge in [0.1, 0.15) is 11.1 Å². The van der Waals surface area contributed by atoms with E-state index in [1.807, 2.05) is 49.3 Å². The van der Waals surface area contributed by atoms with Crippen molar-refractivity contribution < 1.29 is 0 Å². The topological polar surface area (TPSA) is 39.9 Å². The molecule has 80 valence electrons. The highest BCUT2D eigenvalue weighted by molar-refractivity contribution is 7.13. The van der Waals surface area contributed by atoms with E-state index >= 15 is 0 Å². The molecule has 0 aliphatic heterocycles. The molecule has 1 heterocycles. The van der Waals surface area contributed by atoms with Gasteiger partial charge in [0.15, 0.2) is 5.69 Å². The third-order valence-electron chi connectivity index (χ3n) is 2.25. The highest BCUT2D eigenvalue weighted by Crippen LogP contribution is 2.25. The first-order chi connectivity index (χ1) is 7.70. The molecule has 0 fully saturated rings. The Morgan fingerprint density at radius 1 is 1.25 bits per heavy atom. The summed E-state index contributed by atoms with van der Waals surface area (Å²) < 4.78 is 0. The summed E-state index contributed by atoms with van der Waals surface area (Å²) in [5, 5.41) is 11.4. The molecule has 0 atom stereocenters. The Morgan fingerprint density at radius 3 is 2.44 bits per heavy atom. The molecule has 0 bridgehead atoms. The normalized spacial score (nSPS) is 9.81. The van der Waals surface area contributed by atoms with Crippen molar-refractivity contribution in [2.45, 2.75) is 0 Å². The van der Waals surface area contributed by atoms with E-state index in [2.05, 4.69) is 4.98 Å². The summed E-state index contributed by atoms with van der Waals surface area (Å²) in [7, 11) is 4.01. The van der Waals surface area contributed by atoms with Crippen LogP contribution in [0.2, 0.25) is 0 Å². The Labute approximate surface area is 98.6 Å². The molecule has 2 aromatic rings. The van der Waals surface area contributed by atoms with E-state index in [0.29, 0.717) is 5.69 Å². The number of thiazole rings is 1. The lowest BCUT2D eigenvalue weighted by atomic mass is 10.2. The summed E-state index contributed by atoms with van der Waals surface area (Å²) in [6.07, 6.45) is 0. The highest BCUT2D eigenvalue weighted by Gasteiger charge is 2.04. The van der Waals surface area contributed by atoms with Crippen LogP contribution < -0.4 is 4.90 Å². The van der Waals surface area contributed by atoms with Crippen LogP contribution in [0.4, 0.5) is 5.69 Å². The van der Waals surface area contributed by atoms with Crippen molar-refractivity contribution in [2.24, 2.45) is 0 Å². The van der Waals surface area contributed by atoms with Crippen LogP contribution in [0.1, 0.15) is 5.69 Å². The van der Waals surface area contributed by atoms with Gasteiger partial charge in [0.25, 0.3) is 0 Å². The molecule has 0 amide bonds. The lowest BCUT2D eigenvalue weighted by molar-refractivity contribution is 1.13. The Balaban J connectivity index is 2.31. The van der Waals surface area contributed by atoms with Crippen LogP contribution in [0.3, 0.4) is 0 Å². The van der Waals surface area contributed by atoms with Crippen LogP contribution in [0, 0.1) is 11.3 Å². The van der Waals surface area contributed by atoms with Crippen LogP contribution in [0.5, 0.6) is 0 Å². The van der Waals surface area contributed by atoms with Crippen LogP contribution in [0.25, 0.3) is 10.6 Å². The van der Waals surface area contributed by atoms with E-state index < -0.39 is 0 Å². The van der Waals surface area contributed by atoms with E-state index in [9.17, 15) is 0 Å². The van der Waals surface area contributed by atoms with Gasteiger partial charge in [-0.15, -0.1) is 11.3 Å². The maximum Gasteiger partial charge on any atom is 0.152 e. The van der Waals surface area contributed by atoms with Gasteiger partial charge in [0.05, 0.1) is 0 Å². The molecular formula is C12H11N3S. The van der Waals surface area contributed by atoms with E-state index in [1.54, 1.807) is 5.38 Å². The van der Waals surface area contributed by atoms with Crippen molar-refractivity contribution in [2.75, 3.05) is 19.0 Å². The second-order valence-corrected chi connectivity index (χ2v) is 4.45. The predicted molar refractivity (Wildman–Crippen MR) is 66.6 cm³/mol. The zero-order chi connectivity index (χ0) is 11.5. The van der Waals surface area contributed by atoms with Gasteiger partial charge in [-0.1, -0.05) is 0 Å². The third-order valence-corrected chi connectivity index (χ3v) is 3.14. The summed E-state index contributed by atoms with van der Waals surface area (Å²) in [4.78, 5) is 6.27. The van der Waals surface area contributed by atoms with E-state index in [4.69, 9.17) is 5.26 Å². The summed E-state index contributed by atoms with van der Waals surface area (Å²) in [5.41, 5.74) is 2.69. The number of rotatable bonds is 2. The van der Waals surface area contributed by atoms with Gasteiger partial charge < -0.3 is 4.90 Å². The Bertz CT molecular complexity index is 520. The molecule has 3 nitrogen and oxygen atoms in total. The SMILES string of the molecule is CN(C)c1ccc(-c2nc(C#N)cs2)cc1. The molecule has 16 heavy (non-hydrogen) atoms. The number of nitrogens with zero attached hydrogens (tertiary/aromatic N) is 3. The third kappa shape index (κ3) is 2.05. The predicted octanol–water partition coefficient (Wildman–Crippen LogP) is 2.75. The average molecular weight is 229 g/mol. The fourth-order valence-electron chi connectivity index (χ4n) is 1.36. The van der Waals surface area contributed by atoms with Crippen molar-refractivity contribution >= 4 is 17.0 Å². The minimum atomic E-state index is 0.483. The average Bonchev–Trinajstić information content (AvgIpc) is 2.77. The van der Waals surface area contributed by atoms with Crippen LogP contribution >= 0.6 is 11.3 Å². The van der Waals surface area contributed by atoms with Gasteiger partial charge >= 0.3 is 0 Å². The molecule has 0 spiro atoms. The van der Waals surface area contributed by atoms with Gasteiger partial charge in [-0.3, -0.25) is 0 Å². The molecule has 1 aromatic carbocycles. The first-order valence-electron chi connectivity index (χ1n) is 4.84. The van der Waals surface area contributed by atoms with Crippen LogP contribution in [-0.4, -0.2) is 19.1 Å². The van der Waals surface area contributed by atoms with E-state index in [1.165, 1.54) is 11.3 Å². The number of nitriles is 1. The maximum atomic E-state index is 8.70. The first-order valence-corrected chi connectivity index (χ1v) is 5.72. The summed E-state index contributed by atoms with van der Waals surface area (Å²) in [6.45, 7) is 0. The lowest BCUT2D eigenvalue weighted by Crippen LogP contribution is -2.07. The van der Waals surface area contributed by atoms with Gasteiger partial charge in [-0.25, -0.2) is 4.98 Å². The molecular weight excluding hydrogens is 218 g/mol. The first kappa shape index (κ1) is 10.7. The lowest BCUT2D eigenvalue weighted by Gasteiger charge is -2.11. The van der Waals surface area contributed by atoms with Gasteiger partial charge in [-0.2, -0.15) is 5.26 Å². The quantitative estimate of drug-likeness (QED) is 0.795. The largest absolute Gasteiger partial charge is 0.378 e. The second kappa shape index (κ2) is 4.33. The number of hydrogen-bond donors (Lipinski definition) is 0. The van der Waals surface area contributed by atoms with Crippen molar-refractivity contribution in [3.8, 4) is 16.6 Å². The standard InChI is InChI=1S/C12H11N3S/c1-15(2)11-5-3-9(4-6-11)12-14-10(7-13)8-16-12/h3-6,8H,1-2H3. The monoisotopic (exact) mass is 229 g/mol. The highest BCUT2D eigenvalue weighted by atomic mass is 32.1. The molecule has 4 heteroatoms. The molecule has 2 rings (SSSR count). The van der Waals surface area contributed by atoms with Gasteiger partial charge in [0.2, 0.25) is 0 Å².